The van der Waals surface area contributed by atoms with Crippen molar-refractivity contribution in [3.8, 4) is 17.0 Å². The summed E-state index contributed by atoms with van der Waals surface area (Å²) in [6.45, 7) is 4.12. The number of nitrogens with zero attached hydrogens (tertiary/aromatic N) is 1. The van der Waals surface area contributed by atoms with Crippen LogP contribution < -0.4 is 4.74 Å². The number of carbonyl (C=O) groups excluding carboxylic acids is 1. The number of hydrogen-bond donors (Lipinski definition) is 0. The number of aromatic nitrogens is 1. The molecular formula is C22H20ClNO3. The minimum atomic E-state index is -0.385. The van der Waals surface area contributed by atoms with Crippen LogP contribution in [-0.4, -0.2) is 24.7 Å². The van der Waals surface area contributed by atoms with Crippen LogP contribution in [0.4, 0.5) is 0 Å². The highest BCUT2D eigenvalue weighted by atomic mass is 35.5. The van der Waals surface area contributed by atoms with Gasteiger partial charge in [0.25, 0.3) is 0 Å². The number of halogens is 1. The number of benzene rings is 2. The molecule has 2 aromatic carbocycles. The average Bonchev–Trinajstić information content (AvgIpc) is 2.67. The molecule has 1 aromatic heterocycles. The van der Waals surface area contributed by atoms with Crippen LogP contribution in [0.15, 0.2) is 48.5 Å². The molecule has 138 valence electrons. The van der Waals surface area contributed by atoms with E-state index in [1.807, 2.05) is 49.4 Å². The van der Waals surface area contributed by atoms with Crippen molar-refractivity contribution in [1.82, 2.24) is 4.98 Å². The fraction of sp³-hybridized carbons (Fsp3) is 0.182. The van der Waals surface area contributed by atoms with E-state index < -0.39 is 0 Å². The Balaban J connectivity index is 2.23. The van der Waals surface area contributed by atoms with Gasteiger partial charge in [-0.25, -0.2) is 9.78 Å². The van der Waals surface area contributed by atoms with Crippen molar-refractivity contribution in [2.75, 3.05) is 13.7 Å². The third-order valence-electron chi connectivity index (χ3n) is 4.29. The van der Waals surface area contributed by atoms with E-state index in [-0.39, 0.29) is 5.97 Å². The van der Waals surface area contributed by atoms with Crippen LogP contribution in [-0.2, 0) is 9.53 Å². The second-order valence-corrected chi connectivity index (χ2v) is 6.41. The van der Waals surface area contributed by atoms with Gasteiger partial charge in [-0.3, -0.25) is 0 Å². The molecule has 1 heterocycles. The number of fused-ring (bicyclic) bond motifs is 1. The number of aryl methyl sites for hydroxylation is 1. The summed E-state index contributed by atoms with van der Waals surface area (Å²) in [6, 6.07) is 13.2. The second kappa shape index (κ2) is 8.23. The zero-order valence-corrected chi connectivity index (χ0v) is 16.2. The fourth-order valence-electron chi connectivity index (χ4n) is 2.92. The summed E-state index contributed by atoms with van der Waals surface area (Å²) in [6.07, 6.45) is 3.18. The van der Waals surface area contributed by atoms with Gasteiger partial charge < -0.3 is 9.47 Å². The Kier molecular flexibility index (Phi) is 5.77. The fourth-order valence-corrected chi connectivity index (χ4v) is 3.04. The molecule has 0 radical (unpaired) electrons. The molecule has 0 aliphatic rings. The summed E-state index contributed by atoms with van der Waals surface area (Å²) in [7, 11) is 1.63. The largest absolute Gasteiger partial charge is 0.497 e. The van der Waals surface area contributed by atoms with Gasteiger partial charge in [0.05, 0.1) is 24.9 Å². The molecule has 0 unspecified atom stereocenters. The number of methoxy groups -OCH3 is 1. The van der Waals surface area contributed by atoms with Crippen LogP contribution in [0, 0.1) is 6.92 Å². The Morgan fingerprint density at radius 2 is 1.93 bits per heavy atom. The van der Waals surface area contributed by atoms with E-state index in [1.165, 1.54) is 6.08 Å². The van der Waals surface area contributed by atoms with E-state index in [2.05, 4.69) is 0 Å². The summed E-state index contributed by atoms with van der Waals surface area (Å²) < 4.78 is 10.3. The molecule has 0 amide bonds. The number of rotatable bonds is 5. The lowest BCUT2D eigenvalue weighted by molar-refractivity contribution is -0.137. The van der Waals surface area contributed by atoms with Gasteiger partial charge in [-0.1, -0.05) is 23.7 Å². The van der Waals surface area contributed by atoms with Gasteiger partial charge in [0.15, 0.2) is 0 Å². The van der Waals surface area contributed by atoms with Crippen molar-refractivity contribution in [2.24, 2.45) is 0 Å². The molecule has 0 atom stereocenters. The van der Waals surface area contributed by atoms with Gasteiger partial charge in [-0.2, -0.15) is 0 Å². The third-order valence-corrected chi connectivity index (χ3v) is 4.54. The summed E-state index contributed by atoms with van der Waals surface area (Å²) >= 11 is 6.03. The van der Waals surface area contributed by atoms with Crippen molar-refractivity contribution in [3.63, 3.8) is 0 Å². The van der Waals surface area contributed by atoms with Gasteiger partial charge in [0.2, 0.25) is 0 Å². The van der Waals surface area contributed by atoms with E-state index in [0.29, 0.717) is 11.6 Å². The molecule has 0 aliphatic heterocycles. The highest BCUT2D eigenvalue weighted by molar-refractivity contribution is 6.30. The van der Waals surface area contributed by atoms with Gasteiger partial charge >= 0.3 is 5.97 Å². The lowest BCUT2D eigenvalue weighted by atomic mass is 9.97. The Morgan fingerprint density at radius 3 is 2.59 bits per heavy atom. The van der Waals surface area contributed by atoms with E-state index in [9.17, 15) is 4.79 Å². The standard InChI is InChI=1S/C22H20ClNO3/c1-4-27-21(25)12-10-18-14(2)19-13-17(26-3)9-11-20(19)24-22(18)15-5-7-16(23)8-6-15/h5-13H,4H2,1-3H3/b12-10+. The average molecular weight is 382 g/mol. The zero-order valence-electron chi connectivity index (χ0n) is 15.5. The number of ether oxygens (including phenoxy) is 2. The molecule has 0 N–H and O–H groups in total. The highest BCUT2D eigenvalue weighted by Crippen LogP contribution is 2.33. The first-order valence-corrected chi connectivity index (χ1v) is 9.00. The molecule has 4 nitrogen and oxygen atoms in total. The maximum Gasteiger partial charge on any atom is 0.330 e. The van der Waals surface area contributed by atoms with E-state index in [4.69, 9.17) is 26.1 Å². The smallest absolute Gasteiger partial charge is 0.330 e. The molecule has 0 spiro atoms. The molecule has 5 heteroatoms. The molecule has 3 rings (SSSR count). The minimum absolute atomic E-state index is 0.333. The van der Waals surface area contributed by atoms with E-state index in [1.54, 1.807) is 20.1 Å². The van der Waals surface area contributed by atoms with Crippen molar-refractivity contribution in [1.29, 1.82) is 0 Å². The summed E-state index contributed by atoms with van der Waals surface area (Å²) in [5, 5.41) is 1.63. The number of esters is 1. The van der Waals surface area contributed by atoms with Crippen LogP contribution >= 0.6 is 11.6 Å². The predicted octanol–water partition coefficient (Wildman–Crippen LogP) is 5.45. The Morgan fingerprint density at radius 1 is 1.19 bits per heavy atom. The third kappa shape index (κ3) is 4.12. The van der Waals surface area contributed by atoms with Gasteiger partial charge in [-0.05, 0) is 55.8 Å². The highest BCUT2D eigenvalue weighted by Gasteiger charge is 2.13. The minimum Gasteiger partial charge on any atom is -0.497 e. The molecule has 27 heavy (non-hydrogen) atoms. The molecular weight excluding hydrogens is 362 g/mol. The maximum absolute atomic E-state index is 11.8. The lowest BCUT2D eigenvalue weighted by Crippen LogP contribution is -2.00. The molecule has 0 aliphatic carbocycles. The van der Waals surface area contributed by atoms with Crippen LogP contribution in [0.2, 0.25) is 5.02 Å². The van der Waals surface area contributed by atoms with Gasteiger partial charge in [0, 0.05) is 27.6 Å². The Bertz CT molecular complexity index is 1010. The van der Waals surface area contributed by atoms with Crippen molar-refractivity contribution in [2.45, 2.75) is 13.8 Å². The zero-order chi connectivity index (χ0) is 19.4. The van der Waals surface area contributed by atoms with Gasteiger partial charge in [-0.15, -0.1) is 0 Å². The molecule has 0 saturated heterocycles. The first-order chi connectivity index (χ1) is 13.0. The monoisotopic (exact) mass is 381 g/mol. The number of pyridine rings is 1. The second-order valence-electron chi connectivity index (χ2n) is 5.97. The van der Waals surface area contributed by atoms with Crippen LogP contribution in [0.25, 0.3) is 28.2 Å². The number of hydrogen-bond acceptors (Lipinski definition) is 4. The lowest BCUT2D eigenvalue weighted by Gasteiger charge is -2.13. The first kappa shape index (κ1) is 18.9. The SMILES string of the molecule is CCOC(=O)/C=C/c1c(-c2ccc(Cl)cc2)nc2ccc(OC)cc2c1C. The Hall–Kier alpha value is -2.85. The summed E-state index contributed by atoms with van der Waals surface area (Å²) in [5.41, 5.74) is 4.41. The van der Waals surface area contributed by atoms with Crippen LogP contribution in [0.5, 0.6) is 5.75 Å². The quantitative estimate of drug-likeness (QED) is 0.435. The summed E-state index contributed by atoms with van der Waals surface area (Å²) in [5.74, 6) is 0.372. The normalized spacial score (nSPS) is 11.1. The van der Waals surface area contributed by atoms with E-state index >= 15 is 0 Å². The van der Waals surface area contributed by atoms with Crippen molar-refractivity contribution >= 4 is 34.5 Å². The van der Waals surface area contributed by atoms with Crippen LogP contribution in [0.1, 0.15) is 18.1 Å². The first-order valence-electron chi connectivity index (χ1n) is 8.62. The van der Waals surface area contributed by atoms with Crippen LogP contribution in [0.3, 0.4) is 0 Å². The van der Waals surface area contributed by atoms with Crippen molar-refractivity contribution in [3.05, 3.63) is 64.7 Å². The number of carbonyl (C=O) groups is 1. The molecule has 3 aromatic rings. The molecule has 0 bridgehead atoms. The Labute approximate surface area is 163 Å². The molecule has 0 fully saturated rings. The summed E-state index contributed by atoms with van der Waals surface area (Å²) in [4.78, 5) is 16.7. The molecule has 0 saturated carbocycles. The van der Waals surface area contributed by atoms with E-state index in [0.717, 1.165) is 39.0 Å². The maximum atomic E-state index is 11.8. The predicted molar refractivity (Wildman–Crippen MR) is 109 cm³/mol. The topological polar surface area (TPSA) is 48.4 Å². The van der Waals surface area contributed by atoms with Gasteiger partial charge in [0.1, 0.15) is 5.75 Å². The van der Waals surface area contributed by atoms with Crippen molar-refractivity contribution < 1.29 is 14.3 Å².